The molecule has 0 radical (unpaired) electrons. The van der Waals surface area contributed by atoms with Crippen molar-refractivity contribution in [3.05, 3.63) is 40.4 Å². The van der Waals surface area contributed by atoms with Gasteiger partial charge in [0.05, 0.1) is 5.57 Å². The van der Waals surface area contributed by atoms with Crippen LogP contribution in [0.15, 0.2) is 29.8 Å². The Hall–Kier alpha value is -0.500. The van der Waals surface area contributed by atoms with Crippen LogP contribution in [0, 0.1) is 0 Å². The Balaban J connectivity index is 3.07. The molecular weight excluding hydrogens is 230 g/mol. The van der Waals surface area contributed by atoms with Gasteiger partial charge in [-0.05, 0) is 29.3 Å². The average molecular weight is 235 g/mol. The molecular formula is C9H5Cl3O. The summed E-state index contributed by atoms with van der Waals surface area (Å²) in [6, 6.07) is 6.68. The van der Waals surface area contributed by atoms with Crippen molar-refractivity contribution in [1.29, 1.82) is 0 Å². The first-order valence-electron chi connectivity index (χ1n) is 3.41. The second-order valence-electron chi connectivity index (χ2n) is 2.30. The summed E-state index contributed by atoms with van der Waals surface area (Å²) in [5.41, 5.74) is 2.07. The SMILES string of the molecule is O=C(Cl)C(=CCl)c1ccc(Cl)cc1. The Morgan fingerprint density at radius 2 is 1.77 bits per heavy atom. The smallest absolute Gasteiger partial charge is 0.253 e. The Morgan fingerprint density at radius 3 is 2.15 bits per heavy atom. The molecule has 13 heavy (non-hydrogen) atoms. The minimum absolute atomic E-state index is 0.264. The van der Waals surface area contributed by atoms with E-state index in [2.05, 4.69) is 0 Å². The van der Waals surface area contributed by atoms with Gasteiger partial charge < -0.3 is 0 Å². The van der Waals surface area contributed by atoms with E-state index in [9.17, 15) is 4.79 Å². The normalized spacial score (nSPS) is 11.5. The van der Waals surface area contributed by atoms with Crippen LogP contribution in [0.5, 0.6) is 0 Å². The maximum absolute atomic E-state index is 10.8. The van der Waals surface area contributed by atoms with Gasteiger partial charge in [0.2, 0.25) is 0 Å². The standard InChI is InChI=1S/C9H5Cl3O/c10-5-8(9(12)13)6-1-3-7(11)4-2-6/h1-5H. The maximum Gasteiger partial charge on any atom is 0.253 e. The molecule has 0 spiro atoms. The van der Waals surface area contributed by atoms with Gasteiger partial charge in [0.25, 0.3) is 5.24 Å². The van der Waals surface area contributed by atoms with Crippen LogP contribution < -0.4 is 0 Å². The van der Waals surface area contributed by atoms with E-state index in [1.165, 1.54) is 0 Å². The molecule has 0 bridgehead atoms. The van der Waals surface area contributed by atoms with E-state index in [1.807, 2.05) is 0 Å². The van der Waals surface area contributed by atoms with Crippen molar-refractivity contribution in [2.45, 2.75) is 0 Å². The van der Waals surface area contributed by atoms with Gasteiger partial charge in [0.1, 0.15) is 0 Å². The molecule has 0 fully saturated rings. The summed E-state index contributed by atoms with van der Waals surface area (Å²) in [7, 11) is 0. The summed E-state index contributed by atoms with van der Waals surface area (Å²) in [6.45, 7) is 0. The molecule has 0 amide bonds. The van der Waals surface area contributed by atoms with Crippen molar-refractivity contribution in [3.63, 3.8) is 0 Å². The summed E-state index contributed by atoms with van der Waals surface area (Å²) in [4.78, 5) is 10.8. The molecule has 0 aliphatic heterocycles. The van der Waals surface area contributed by atoms with Gasteiger partial charge in [-0.25, -0.2) is 0 Å². The second-order valence-corrected chi connectivity index (χ2v) is 3.30. The highest BCUT2D eigenvalue weighted by Gasteiger charge is 2.07. The summed E-state index contributed by atoms with van der Waals surface area (Å²) in [5, 5.41) is 0.0111. The minimum Gasteiger partial charge on any atom is -0.276 e. The lowest BCUT2D eigenvalue weighted by atomic mass is 10.1. The summed E-state index contributed by atoms with van der Waals surface area (Å²) < 4.78 is 0. The number of carbonyl (C=O) groups is 1. The van der Waals surface area contributed by atoms with Gasteiger partial charge in [-0.1, -0.05) is 35.3 Å². The molecule has 0 aromatic heterocycles. The molecule has 68 valence electrons. The molecule has 0 saturated carbocycles. The number of hydrogen-bond acceptors (Lipinski definition) is 1. The zero-order valence-electron chi connectivity index (χ0n) is 6.43. The third-order valence-electron chi connectivity index (χ3n) is 1.48. The molecule has 0 saturated heterocycles. The maximum atomic E-state index is 10.8. The molecule has 0 aliphatic carbocycles. The van der Waals surface area contributed by atoms with Crippen LogP contribution in [0.25, 0.3) is 5.57 Å². The van der Waals surface area contributed by atoms with E-state index in [0.29, 0.717) is 10.6 Å². The van der Waals surface area contributed by atoms with Crippen molar-refractivity contribution < 1.29 is 4.79 Å². The van der Waals surface area contributed by atoms with E-state index in [-0.39, 0.29) is 5.57 Å². The molecule has 0 N–H and O–H groups in total. The zero-order chi connectivity index (χ0) is 9.84. The lowest BCUT2D eigenvalue weighted by Gasteiger charge is -2.00. The van der Waals surface area contributed by atoms with Crippen molar-refractivity contribution in [1.82, 2.24) is 0 Å². The molecule has 0 unspecified atom stereocenters. The van der Waals surface area contributed by atoms with Gasteiger partial charge in [-0.2, -0.15) is 0 Å². The van der Waals surface area contributed by atoms with Crippen LogP contribution in [0.3, 0.4) is 0 Å². The van der Waals surface area contributed by atoms with Crippen molar-refractivity contribution in [2.24, 2.45) is 0 Å². The third-order valence-corrected chi connectivity index (χ3v) is 2.15. The topological polar surface area (TPSA) is 17.1 Å². The first kappa shape index (κ1) is 10.6. The lowest BCUT2D eigenvalue weighted by molar-refractivity contribution is -0.106. The third kappa shape index (κ3) is 2.73. The number of benzene rings is 1. The molecule has 1 nitrogen and oxygen atoms in total. The predicted molar refractivity (Wildman–Crippen MR) is 56.1 cm³/mol. The summed E-state index contributed by atoms with van der Waals surface area (Å²) in [6.07, 6.45) is 0. The highest BCUT2D eigenvalue weighted by Crippen LogP contribution is 2.20. The number of halogens is 3. The van der Waals surface area contributed by atoms with Gasteiger partial charge >= 0.3 is 0 Å². The molecule has 4 heteroatoms. The summed E-state index contributed by atoms with van der Waals surface area (Å²) >= 11 is 16.4. The van der Waals surface area contributed by atoms with Crippen LogP contribution in [0.2, 0.25) is 5.02 Å². The van der Waals surface area contributed by atoms with E-state index in [4.69, 9.17) is 34.8 Å². The first-order chi connectivity index (χ1) is 6.15. The molecule has 1 rings (SSSR count). The fourth-order valence-corrected chi connectivity index (χ4v) is 1.42. The van der Waals surface area contributed by atoms with Gasteiger partial charge in [-0.15, -0.1) is 0 Å². The van der Waals surface area contributed by atoms with Gasteiger partial charge in [-0.3, -0.25) is 4.79 Å². The van der Waals surface area contributed by atoms with Crippen LogP contribution in [-0.2, 0) is 4.79 Å². The van der Waals surface area contributed by atoms with Crippen LogP contribution >= 0.6 is 34.8 Å². The van der Waals surface area contributed by atoms with E-state index >= 15 is 0 Å². The van der Waals surface area contributed by atoms with Crippen molar-refractivity contribution in [3.8, 4) is 0 Å². The van der Waals surface area contributed by atoms with E-state index < -0.39 is 5.24 Å². The number of allylic oxidation sites excluding steroid dienone is 1. The molecule has 1 aromatic carbocycles. The fraction of sp³-hybridized carbons (Fsp3) is 0. The van der Waals surface area contributed by atoms with Crippen LogP contribution in [0.4, 0.5) is 0 Å². The Labute approximate surface area is 90.9 Å². The predicted octanol–water partition coefficient (Wildman–Crippen LogP) is 3.69. The Kier molecular flexibility index (Phi) is 3.79. The van der Waals surface area contributed by atoms with Crippen LogP contribution in [-0.4, -0.2) is 5.24 Å². The number of hydrogen-bond donors (Lipinski definition) is 0. The average Bonchev–Trinajstić information content (AvgIpc) is 2.09. The minimum atomic E-state index is -0.586. The zero-order valence-corrected chi connectivity index (χ0v) is 8.70. The van der Waals surface area contributed by atoms with Crippen molar-refractivity contribution in [2.75, 3.05) is 0 Å². The quantitative estimate of drug-likeness (QED) is 0.564. The molecule has 1 aromatic rings. The number of rotatable bonds is 2. The van der Waals surface area contributed by atoms with E-state index in [1.54, 1.807) is 24.3 Å². The van der Waals surface area contributed by atoms with Gasteiger partial charge in [0.15, 0.2) is 0 Å². The Morgan fingerprint density at radius 1 is 1.23 bits per heavy atom. The highest BCUT2D eigenvalue weighted by atomic mass is 35.5. The summed E-state index contributed by atoms with van der Waals surface area (Å²) in [5.74, 6) is 0. The lowest BCUT2D eigenvalue weighted by Crippen LogP contribution is -1.91. The molecule has 0 atom stereocenters. The molecule has 0 aliphatic rings. The monoisotopic (exact) mass is 234 g/mol. The molecule has 0 heterocycles. The Bertz CT molecular complexity index is 340. The highest BCUT2D eigenvalue weighted by molar-refractivity contribution is 6.75. The first-order valence-corrected chi connectivity index (χ1v) is 4.60. The van der Waals surface area contributed by atoms with Crippen LogP contribution in [0.1, 0.15) is 5.56 Å². The fourth-order valence-electron chi connectivity index (χ4n) is 0.849. The van der Waals surface area contributed by atoms with E-state index in [0.717, 1.165) is 5.54 Å². The van der Waals surface area contributed by atoms with Gasteiger partial charge in [0, 0.05) is 10.6 Å². The van der Waals surface area contributed by atoms with Crippen molar-refractivity contribution >= 4 is 45.6 Å². The number of carbonyl (C=O) groups excluding carboxylic acids is 1. The second kappa shape index (κ2) is 4.66. The largest absolute Gasteiger partial charge is 0.276 e.